The van der Waals surface area contributed by atoms with Gasteiger partial charge in [-0.05, 0) is 19.4 Å². The van der Waals surface area contributed by atoms with E-state index in [2.05, 4.69) is 15.2 Å². The average Bonchev–Trinajstić information content (AvgIpc) is 2.75. The number of amides is 1. The second-order valence-corrected chi connectivity index (χ2v) is 6.55. The number of nitrogen functional groups attached to an aromatic ring is 1. The fraction of sp³-hybridized carbons (Fsp3) is 0.692. The Labute approximate surface area is 130 Å². The lowest BCUT2D eigenvalue weighted by molar-refractivity contribution is -0.125. The van der Waals surface area contributed by atoms with Gasteiger partial charge in [-0.1, -0.05) is 13.8 Å². The fourth-order valence-electron chi connectivity index (χ4n) is 2.30. The molecule has 1 aromatic rings. The molecular weight excluding hydrogens is 296 g/mol. The average molecular weight is 319 g/mol. The maximum absolute atomic E-state index is 11.7. The molecule has 114 valence electrons. The Kier molecular flexibility index (Phi) is 6.71. The number of likely N-dealkylation sites (tertiary alicyclic amines) is 1. The third kappa shape index (κ3) is 4.92. The van der Waals surface area contributed by atoms with Crippen LogP contribution < -0.4 is 11.1 Å². The predicted octanol–water partition coefficient (Wildman–Crippen LogP) is 1.88. The van der Waals surface area contributed by atoms with Crippen LogP contribution in [0.5, 0.6) is 0 Å². The molecule has 0 aromatic carbocycles. The SMILES string of the molecule is CC(C)C(=O)NC1CCCN(Cc2cnc(N)s2)C1.Cl. The van der Waals surface area contributed by atoms with Crippen molar-refractivity contribution in [2.45, 2.75) is 39.3 Å². The zero-order chi connectivity index (χ0) is 13.8. The first kappa shape index (κ1) is 17.2. The summed E-state index contributed by atoms with van der Waals surface area (Å²) in [5, 5.41) is 3.74. The van der Waals surface area contributed by atoms with Crippen molar-refractivity contribution in [3.63, 3.8) is 0 Å². The van der Waals surface area contributed by atoms with E-state index < -0.39 is 0 Å². The Bertz CT molecular complexity index is 438. The van der Waals surface area contributed by atoms with Crippen molar-refractivity contribution in [2.75, 3.05) is 18.8 Å². The van der Waals surface area contributed by atoms with Gasteiger partial charge >= 0.3 is 0 Å². The summed E-state index contributed by atoms with van der Waals surface area (Å²) in [5.41, 5.74) is 5.64. The number of halogens is 1. The molecule has 5 nitrogen and oxygen atoms in total. The van der Waals surface area contributed by atoms with Crippen LogP contribution in [0.25, 0.3) is 0 Å². The monoisotopic (exact) mass is 318 g/mol. The quantitative estimate of drug-likeness (QED) is 0.889. The van der Waals surface area contributed by atoms with E-state index >= 15 is 0 Å². The molecule has 0 saturated carbocycles. The van der Waals surface area contributed by atoms with E-state index in [0.717, 1.165) is 32.5 Å². The van der Waals surface area contributed by atoms with Crippen LogP contribution in [0.4, 0.5) is 5.13 Å². The fourth-order valence-corrected chi connectivity index (χ4v) is 3.03. The Hall–Kier alpha value is -0.850. The lowest BCUT2D eigenvalue weighted by atomic mass is 10.0. The molecule has 0 spiro atoms. The maximum Gasteiger partial charge on any atom is 0.222 e. The van der Waals surface area contributed by atoms with Gasteiger partial charge in [-0.25, -0.2) is 4.98 Å². The smallest absolute Gasteiger partial charge is 0.222 e. The van der Waals surface area contributed by atoms with E-state index in [1.165, 1.54) is 16.2 Å². The van der Waals surface area contributed by atoms with Gasteiger partial charge in [0.1, 0.15) is 0 Å². The van der Waals surface area contributed by atoms with Crippen LogP contribution in [0, 0.1) is 5.92 Å². The van der Waals surface area contributed by atoms with Crippen LogP contribution in [0.2, 0.25) is 0 Å². The van der Waals surface area contributed by atoms with Crippen molar-refractivity contribution in [2.24, 2.45) is 5.92 Å². The third-order valence-corrected chi connectivity index (χ3v) is 4.14. The van der Waals surface area contributed by atoms with E-state index in [1.54, 1.807) is 0 Å². The van der Waals surface area contributed by atoms with Gasteiger partial charge in [-0.2, -0.15) is 0 Å². The first-order valence-corrected chi connectivity index (χ1v) is 7.59. The molecular formula is C13H23ClN4OS. The summed E-state index contributed by atoms with van der Waals surface area (Å²) >= 11 is 1.54. The molecule has 1 amide bonds. The van der Waals surface area contributed by atoms with Gasteiger partial charge in [0.25, 0.3) is 0 Å². The van der Waals surface area contributed by atoms with Crippen LogP contribution >= 0.6 is 23.7 Å². The minimum absolute atomic E-state index is 0. The molecule has 1 saturated heterocycles. The van der Waals surface area contributed by atoms with Gasteiger partial charge in [0.15, 0.2) is 5.13 Å². The summed E-state index contributed by atoms with van der Waals surface area (Å²) in [6.45, 7) is 6.72. The van der Waals surface area contributed by atoms with Crippen LogP contribution in [0.15, 0.2) is 6.20 Å². The lowest BCUT2D eigenvalue weighted by Crippen LogP contribution is -2.48. The maximum atomic E-state index is 11.7. The Morgan fingerprint density at radius 2 is 2.40 bits per heavy atom. The van der Waals surface area contributed by atoms with Crippen molar-refractivity contribution in [1.29, 1.82) is 0 Å². The zero-order valence-corrected chi connectivity index (χ0v) is 13.6. The molecule has 2 heterocycles. The molecule has 0 aliphatic carbocycles. The molecule has 0 bridgehead atoms. The molecule has 20 heavy (non-hydrogen) atoms. The Morgan fingerprint density at radius 1 is 1.65 bits per heavy atom. The summed E-state index contributed by atoms with van der Waals surface area (Å²) in [6, 6.07) is 0.272. The number of hydrogen-bond donors (Lipinski definition) is 2. The third-order valence-electron chi connectivity index (χ3n) is 3.33. The Balaban J connectivity index is 0.00000200. The first-order chi connectivity index (χ1) is 9.04. The summed E-state index contributed by atoms with van der Waals surface area (Å²) in [7, 11) is 0. The molecule has 1 aliphatic heterocycles. The summed E-state index contributed by atoms with van der Waals surface area (Å²) < 4.78 is 0. The zero-order valence-electron chi connectivity index (χ0n) is 12.0. The van der Waals surface area contributed by atoms with Gasteiger partial charge in [-0.3, -0.25) is 9.69 Å². The second-order valence-electron chi connectivity index (χ2n) is 5.40. The molecule has 1 unspecified atom stereocenters. The second kappa shape index (κ2) is 7.81. The van der Waals surface area contributed by atoms with Crippen LogP contribution in [-0.2, 0) is 11.3 Å². The number of nitrogens with one attached hydrogen (secondary N) is 1. The van der Waals surface area contributed by atoms with Crippen molar-refractivity contribution in [1.82, 2.24) is 15.2 Å². The van der Waals surface area contributed by atoms with Crippen molar-refractivity contribution in [3.05, 3.63) is 11.1 Å². The molecule has 3 N–H and O–H groups in total. The minimum Gasteiger partial charge on any atom is -0.375 e. The highest BCUT2D eigenvalue weighted by Crippen LogP contribution is 2.19. The summed E-state index contributed by atoms with van der Waals surface area (Å²) in [4.78, 5) is 19.3. The number of nitrogens with zero attached hydrogens (tertiary/aromatic N) is 2. The van der Waals surface area contributed by atoms with E-state index in [0.29, 0.717) is 5.13 Å². The first-order valence-electron chi connectivity index (χ1n) is 6.77. The molecule has 1 aromatic heterocycles. The molecule has 2 rings (SSSR count). The van der Waals surface area contributed by atoms with Gasteiger partial charge in [0.2, 0.25) is 5.91 Å². The standard InChI is InChI=1S/C13H22N4OS.ClH/c1-9(2)12(18)16-10-4-3-5-17(7-10)8-11-6-15-13(14)19-11;/h6,9-10H,3-5,7-8H2,1-2H3,(H2,14,15)(H,16,18);1H. The number of nitrogens with two attached hydrogens (primary N) is 1. The molecule has 1 aliphatic rings. The Morgan fingerprint density at radius 3 is 3.00 bits per heavy atom. The number of piperidine rings is 1. The predicted molar refractivity (Wildman–Crippen MR) is 85.1 cm³/mol. The van der Waals surface area contributed by atoms with Gasteiger partial charge < -0.3 is 11.1 Å². The highest BCUT2D eigenvalue weighted by atomic mass is 35.5. The molecule has 0 radical (unpaired) electrons. The number of aromatic nitrogens is 1. The summed E-state index contributed by atoms with van der Waals surface area (Å²) in [6.07, 6.45) is 4.04. The lowest BCUT2D eigenvalue weighted by Gasteiger charge is -2.33. The summed E-state index contributed by atoms with van der Waals surface area (Å²) in [5.74, 6) is 0.200. The number of carbonyl (C=O) groups is 1. The molecule has 1 atom stereocenters. The molecule has 7 heteroatoms. The van der Waals surface area contributed by atoms with Crippen molar-refractivity contribution in [3.8, 4) is 0 Å². The number of anilines is 1. The number of thiazole rings is 1. The van der Waals surface area contributed by atoms with Crippen LogP contribution in [-0.4, -0.2) is 34.9 Å². The highest BCUT2D eigenvalue weighted by molar-refractivity contribution is 7.15. The van der Waals surface area contributed by atoms with Gasteiger partial charge in [0.05, 0.1) is 0 Å². The van der Waals surface area contributed by atoms with E-state index in [-0.39, 0.29) is 30.3 Å². The van der Waals surface area contributed by atoms with Crippen molar-refractivity contribution < 1.29 is 4.79 Å². The van der Waals surface area contributed by atoms with Crippen LogP contribution in [0.1, 0.15) is 31.6 Å². The number of carbonyl (C=O) groups excluding carboxylic acids is 1. The highest BCUT2D eigenvalue weighted by Gasteiger charge is 2.22. The van der Waals surface area contributed by atoms with Gasteiger partial charge in [-0.15, -0.1) is 23.7 Å². The number of hydrogen-bond acceptors (Lipinski definition) is 5. The van der Waals surface area contributed by atoms with E-state index in [4.69, 9.17) is 5.73 Å². The van der Waals surface area contributed by atoms with Gasteiger partial charge in [0, 0.05) is 36.1 Å². The van der Waals surface area contributed by atoms with Crippen LogP contribution in [0.3, 0.4) is 0 Å². The normalized spacial score (nSPS) is 19.6. The number of rotatable bonds is 4. The minimum atomic E-state index is 0. The largest absolute Gasteiger partial charge is 0.375 e. The van der Waals surface area contributed by atoms with Crippen molar-refractivity contribution >= 4 is 34.8 Å². The topological polar surface area (TPSA) is 71.2 Å². The van der Waals surface area contributed by atoms with E-state index in [1.807, 2.05) is 20.0 Å². The van der Waals surface area contributed by atoms with E-state index in [9.17, 15) is 4.79 Å². The molecule has 1 fully saturated rings.